The SMILES string of the molecule is CCCCCNC(=S)NNC(=O)c1cc(S(=O)(=O)N2CCCCC2)ccc1C. The molecule has 0 atom stereocenters. The first kappa shape index (κ1) is 22.6. The number of piperidine rings is 1. The summed E-state index contributed by atoms with van der Waals surface area (Å²) in [5.74, 6) is -0.425. The quantitative estimate of drug-likeness (QED) is 0.353. The van der Waals surface area contributed by atoms with Gasteiger partial charge in [-0.05, 0) is 56.1 Å². The lowest BCUT2D eigenvalue weighted by atomic mass is 10.1. The molecule has 1 aromatic carbocycles. The van der Waals surface area contributed by atoms with Gasteiger partial charge in [0.25, 0.3) is 5.91 Å². The molecule has 2 rings (SSSR count). The Hall–Kier alpha value is -1.71. The van der Waals surface area contributed by atoms with Crippen molar-refractivity contribution in [3.63, 3.8) is 0 Å². The normalized spacial score (nSPS) is 15.1. The summed E-state index contributed by atoms with van der Waals surface area (Å²) in [5, 5.41) is 3.35. The van der Waals surface area contributed by atoms with Gasteiger partial charge in [0, 0.05) is 25.2 Å². The number of hydrogen-bond donors (Lipinski definition) is 3. The van der Waals surface area contributed by atoms with Crippen LogP contribution in [0.1, 0.15) is 61.4 Å². The number of hydrazine groups is 1. The third-order valence-corrected chi connectivity index (χ3v) is 6.90. The number of carbonyl (C=O) groups excluding carboxylic acids is 1. The lowest BCUT2D eigenvalue weighted by molar-refractivity contribution is 0.0943. The highest BCUT2D eigenvalue weighted by Crippen LogP contribution is 2.22. The molecule has 1 aromatic rings. The molecule has 156 valence electrons. The fraction of sp³-hybridized carbons (Fsp3) is 0.579. The van der Waals surface area contributed by atoms with E-state index in [0.29, 0.717) is 29.3 Å². The predicted octanol–water partition coefficient (Wildman–Crippen LogP) is 2.47. The second-order valence-corrected chi connectivity index (χ2v) is 9.33. The highest BCUT2D eigenvalue weighted by Gasteiger charge is 2.27. The Morgan fingerprint density at radius 2 is 1.86 bits per heavy atom. The summed E-state index contributed by atoms with van der Waals surface area (Å²) < 4.78 is 27.2. The number of unbranched alkanes of at least 4 members (excludes halogenated alkanes) is 2. The van der Waals surface area contributed by atoms with E-state index in [-0.39, 0.29) is 4.90 Å². The Kier molecular flexibility index (Phi) is 8.65. The molecule has 0 bridgehead atoms. The summed E-state index contributed by atoms with van der Waals surface area (Å²) in [6.07, 6.45) is 6.01. The van der Waals surface area contributed by atoms with E-state index < -0.39 is 15.9 Å². The van der Waals surface area contributed by atoms with Crippen LogP contribution in [0.4, 0.5) is 0 Å². The first-order valence-electron chi connectivity index (χ1n) is 9.81. The van der Waals surface area contributed by atoms with Crippen LogP contribution in [-0.2, 0) is 10.0 Å². The Balaban J connectivity index is 2.02. The van der Waals surface area contributed by atoms with E-state index in [1.165, 1.54) is 10.4 Å². The Labute approximate surface area is 173 Å². The zero-order valence-electron chi connectivity index (χ0n) is 16.6. The van der Waals surface area contributed by atoms with Gasteiger partial charge in [0.1, 0.15) is 0 Å². The van der Waals surface area contributed by atoms with Crippen molar-refractivity contribution < 1.29 is 13.2 Å². The topological polar surface area (TPSA) is 90.5 Å². The molecule has 1 aliphatic heterocycles. The van der Waals surface area contributed by atoms with E-state index >= 15 is 0 Å². The first-order valence-corrected chi connectivity index (χ1v) is 11.7. The maximum absolute atomic E-state index is 12.9. The van der Waals surface area contributed by atoms with Crippen molar-refractivity contribution >= 4 is 33.3 Å². The van der Waals surface area contributed by atoms with Crippen LogP contribution in [0.2, 0.25) is 0 Å². The second-order valence-electron chi connectivity index (χ2n) is 6.98. The number of sulfonamides is 1. The number of nitrogens with one attached hydrogen (secondary N) is 3. The van der Waals surface area contributed by atoms with Gasteiger partial charge in [-0.2, -0.15) is 4.31 Å². The lowest BCUT2D eigenvalue weighted by Gasteiger charge is -2.26. The van der Waals surface area contributed by atoms with E-state index in [4.69, 9.17) is 12.2 Å². The molecule has 1 amide bonds. The predicted molar refractivity (Wildman–Crippen MR) is 115 cm³/mol. The molecule has 0 aromatic heterocycles. The fourth-order valence-electron chi connectivity index (χ4n) is 3.06. The number of benzene rings is 1. The molecule has 0 spiro atoms. The Bertz CT molecular complexity index is 790. The number of nitrogens with zero attached hydrogens (tertiary/aromatic N) is 1. The molecular weight excluding hydrogens is 396 g/mol. The lowest BCUT2D eigenvalue weighted by Crippen LogP contribution is -2.47. The largest absolute Gasteiger partial charge is 0.361 e. The minimum absolute atomic E-state index is 0.144. The molecule has 1 fully saturated rings. The number of rotatable bonds is 7. The smallest absolute Gasteiger partial charge is 0.269 e. The molecule has 9 heteroatoms. The van der Waals surface area contributed by atoms with Gasteiger partial charge in [-0.25, -0.2) is 8.42 Å². The van der Waals surface area contributed by atoms with Crippen molar-refractivity contribution in [1.29, 1.82) is 0 Å². The van der Waals surface area contributed by atoms with E-state index in [1.807, 2.05) is 0 Å². The van der Waals surface area contributed by atoms with Crippen molar-refractivity contribution in [2.45, 2.75) is 57.3 Å². The molecule has 0 aliphatic carbocycles. The molecular formula is C19H30N4O3S2. The maximum Gasteiger partial charge on any atom is 0.269 e. The maximum atomic E-state index is 12.9. The third-order valence-electron chi connectivity index (χ3n) is 4.76. The summed E-state index contributed by atoms with van der Waals surface area (Å²) in [5.41, 5.74) is 6.20. The zero-order valence-corrected chi connectivity index (χ0v) is 18.2. The van der Waals surface area contributed by atoms with Crippen LogP contribution < -0.4 is 16.2 Å². The number of amides is 1. The van der Waals surface area contributed by atoms with Crippen molar-refractivity contribution in [2.24, 2.45) is 0 Å². The van der Waals surface area contributed by atoms with Crippen LogP contribution in [0.25, 0.3) is 0 Å². The second kappa shape index (κ2) is 10.7. The van der Waals surface area contributed by atoms with Crippen LogP contribution in [-0.4, -0.2) is 43.4 Å². The average molecular weight is 427 g/mol. The van der Waals surface area contributed by atoms with Gasteiger partial charge in [0.2, 0.25) is 10.0 Å². The average Bonchev–Trinajstić information content (AvgIpc) is 2.70. The van der Waals surface area contributed by atoms with Gasteiger partial charge in [0.15, 0.2) is 5.11 Å². The number of thiocarbonyl (C=S) groups is 1. The van der Waals surface area contributed by atoms with Crippen molar-refractivity contribution in [2.75, 3.05) is 19.6 Å². The molecule has 0 radical (unpaired) electrons. The highest BCUT2D eigenvalue weighted by atomic mass is 32.2. The van der Waals surface area contributed by atoms with Crippen LogP contribution in [0.15, 0.2) is 23.1 Å². The molecule has 3 N–H and O–H groups in total. The van der Waals surface area contributed by atoms with Crippen LogP contribution in [0.3, 0.4) is 0 Å². The van der Waals surface area contributed by atoms with Gasteiger partial charge in [-0.1, -0.05) is 32.3 Å². The molecule has 7 nitrogen and oxygen atoms in total. The monoisotopic (exact) mass is 426 g/mol. The van der Waals surface area contributed by atoms with Crippen molar-refractivity contribution in [1.82, 2.24) is 20.5 Å². The molecule has 28 heavy (non-hydrogen) atoms. The molecule has 1 saturated heterocycles. The van der Waals surface area contributed by atoms with E-state index in [9.17, 15) is 13.2 Å². The number of aryl methyl sites for hydroxylation is 1. The summed E-state index contributed by atoms with van der Waals surface area (Å²) >= 11 is 5.14. The van der Waals surface area contributed by atoms with Gasteiger partial charge < -0.3 is 5.32 Å². The Morgan fingerprint density at radius 1 is 1.14 bits per heavy atom. The van der Waals surface area contributed by atoms with Gasteiger partial charge in [-0.15, -0.1) is 0 Å². The van der Waals surface area contributed by atoms with Crippen LogP contribution in [0, 0.1) is 6.92 Å². The third kappa shape index (κ3) is 6.15. The minimum atomic E-state index is -3.59. The van der Waals surface area contributed by atoms with E-state index in [2.05, 4.69) is 23.1 Å². The number of hydrogen-bond acceptors (Lipinski definition) is 4. The van der Waals surface area contributed by atoms with Crippen molar-refractivity contribution in [3.8, 4) is 0 Å². The van der Waals surface area contributed by atoms with Gasteiger partial charge in [-0.3, -0.25) is 15.6 Å². The van der Waals surface area contributed by atoms with Crippen LogP contribution >= 0.6 is 12.2 Å². The fourth-order valence-corrected chi connectivity index (χ4v) is 4.76. The first-order chi connectivity index (χ1) is 13.4. The Morgan fingerprint density at radius 3 is 2.54 bits per heavy atom. The van der Waals surface area contributed by atoms with Crippen LogP contribution in [0.5, 0.6) is 0 Å². The molecule has 0 unspecified atom stereocenters. The molecule has 1 heterocycles. The zero-order chi connectivity index (χ0) is 20.6. The molecule has 0 saturated carbocycles. The summed E-state index contributed by atoms with van der Waals surface area (Å²) in [6.45, 7) is 5.68. The highest BCUT2D eigenvalue weighted by molar-refractivity contribution is 7.89. The number of carbonyl (C=O) groups is 1. The standard InChI is InChI=1S/C19H30N4O3S2/c1-3-4-6-11-20-19(27)22-21-18(24)17-14-16(10-9-15(17)2)28(25,26)23-12-7-5-8-13-23/h9-10,14H,3-8,11-13H2,1-2H3,(H,21,24)(H2,20,22,27). The minimum Gasteiger partial charge on any atom is -0.361 e. The molecule has 1 aliphatic rings. The summed E-state index contributed by atoms with van der Waals surface area (Å²) in [7, 11) is -3.59. The van der Waals surface area contributed by atoms with Crippen molar-refractivity contribution in [3.05, 3.63) is 29.3 Å². The van der Waals surface area contributed by atoms with Gasteiger partial charge in [0.05, 0.1) is 4.90 Å². The summed E-state index contributed by atoms with van der Waals surface area (Å²) in [4.78, 5) is 12.7. The van der Waals surface area contributed by atoms with Gasteiger partial charge >= 0.3 is 0 Å². The summed E-state index contributed by atoms with van der Waals surface area (Å²) in [6, 6.07) is 4.66. The van der Waals surface area contributed by atoms with E-state index in [0.717, 1.165) is 45.1 Å². The van der Waals surface area contributed by atoms with E-state index in [1.54, 1.807) is 19.1 Å².